The molecule has 2 aromatic rings. The second-order valence-corrected chi connectivity index (χ2v) is 5.40. The Balaban J connectivity index is 1.66. The Bertz CT molecular complexity index is 570. The van der Waals surface area contributed by atoms with E-state index in [0.717, 1.165) is 18.6 Å². The summed E-state index contributed by atoms with van der Waals surface area (Å²) in [4.78, 5) is 0. The molecule has 2 heterocycles. The fourth-order valence-electron chi connectivity index (χ4n) is 2.37. The molecular weight excluding hydrogens is 254 g/mol. The van der Waals surface area contributed by atoms with Gasteiger partial charge in [0.25, 0.3) is 0 Å². The molecule has 1 aliphatic rings. The van der Waals surface area contributed by atoms with Gasteiger partial charge in [-0.2, -0.15) is 0 Å². The summed E-state index contributed by atoms with van der Waals surface area (Å²) in [6.07, 6.45) is 1.19. The molecule has 1 fully saturated rings. The van der Waals surface area contributed by atoms with Crippen LogP contribution in [-0.4, -0.2) is 28.4 Å². The SMILES string of the molecule is CC1OCCC1(C)NCc1nnc(-c2ccccc2)o1. The summed E-state index contributed by atoms with van der Waals surface area (Å²) in [5.41, 5.74) is 0.913. The van der Waals surface area contributed by atoms with E-state index >= 15 is 0 Å². The third kappa shape index (κ3) is 2.59. The van der Waals surface area contributed by atoms with Crippen molar-refractivity contribution in [3.63, 3.8) is 0 Å². The average molecular weight is 273 g/mol. The van der Waals surface area contributed by atoms with Gasteiger partial charge in [-0.3, -0.25) is 0 Å². The summed E-state index contributed by atoms with van der Waals surface area (Å²) in [5, 5.41) is 11.6. The lowest BCUT2D eigenvalue weighted by atomic mass is 9.95. The van der Waals surface area contributed by atoms with E-state index in [1.54, 1.807) is 0 Å². The van der Waals surface area contributed by atoms with Gasteiger partial charge in [-0.15, -0.1) is 10.2 Å². The van der Waals surface area contributed by atoms with E-state index < -0.39 is 0 Å². The monoisotopic (exact) mass is 273 g/mol. The molecule has 1 aromatic carbocycles. The van der Waals surface area contributed by atoms with Crippen molar-refractivity contribution in [2.45, 2.75) is 38.5 Å². The predicted octanol–water partition coefficient (Wildman–Crippen LogP) is 2.39. The summed E-state index contributed by atoms with van der Waals surface area (Å²) >= 11 is 0. The second kappa shape index (κ2) is 5.34. The first-order valence-corrected chi connectivity index (χ1v) is 6.92. The second-order valence-electron chi connectivity index (χ2n) is 5.40. The van der Waals surface area contributed by atoms with E-state index in [1.165, 1.54) is 0 Å². The zero-order valence-electron chi connectivity index (χ0n) is 11.8. The summed E-state index contributed by atoms with van der Waals surface area (Å²) in [6, 6.07) is 9.79. The fraction of sp³-hybridized carbons (Fsp3) is 0.467. The Hall–Kier alpha value is -1.72. The number of nitrogens with zero attached hydrogens (tertiary/aromatic N) is 2. The first-order chi connectivity index (χ1) is 9.67. The highest BCUT2D eigenvalue weighted by atomic mass is 16.5. The molecule has 1 aromatic heterocycles. The third-order valence-electron chi connectivity index (χ3n) is 4.02. The van der Waals surface area contributed by atoms with Crippen LogP contribution in [0.25, 0.3) is 11.5 Å². The van der Waals surface area contributed by atoms with Gasteiger partial charge in [0.2, 0.25) is 11.8 Å². The molecule has 0 amide bonds. The normalized spacial score (nSPS) is 26.0. The number of benzene rings is 1. The van der Waals surface area contributed by atoms with Gasteiger partial charge in [-0.1, -0.05) is 18.2 Å². The van der Waals surface area contributed by atoms with Crippen LogP contribution < -0.4 is 5.32 Å². The molecule has 1 aliphatic heterocycles. The molecule has 0 spiro atoms. The molecule has 1 N–H and O–H groups in total. The van der Waals surface area contributed by atoms with Crippen LogP contribution in [0.4, 0.5) is 0 Å². The van der Waals surface area contributed by atoms with E-state index in [4.69, 9.17) is 9.15 Å². The molecule has 2 unspecified atom stereocenters. The Labute approximate surface area is 118 Å². The van der Waals surface area contributed by atoms with Crippen molar-refractivity contribution in [2.24, 2.45) is 0 Å². The molecule has 0 radical (unpaired) electrons. The average Bonchev–Trinajstić information content (AvgIpc) is 3.06. The topological polar surface area (TPSA) is 60.2 Å². The quantitative estimate of drug-likeness (QED) is 0.927. The Morgan fingerprint density at radius 3 is 2.80 bits per heavy atom. The molecule has 20 heavy (non-hydrogen) atoms. The van der Waals surface area contributed by atoms with Crippen LogP contribution in [0, 0.1) is 0 Å². The molecule has 0 bridgehead atoms. The largest absolute Gasteiger partial charge is 0.419 e. The molecule has 0 aliphatic carbocycles. The molecule has 2 atom stereocenters. The molecule has 1 saturated heterocycles. The van der Waals surface area contributed by atoms with Crippen molar-refractivity contribution in [1.82, 2.24) is 15.5 Å². The van der Waals surface area contributed by atoms with Crippen molar-refractivity contribution in [3.05, 3.63) is 36.2 Å². The number of ether oxygens (including phenoxy) is 1. The van der Waals surface area contributed by atoms with Crippen molar-refractivity contribution in [3.8, 4) is 11.5 Å². The molecule has 106 valence electrons. The highest BCUT2D eigenvalue weighted by molar-refractivity contribution is 5.51. The number of aromatic nitrogens is 2. The minimum absolute atomic E-state index is 0.0264. The first-order valence-electron chi connectivity index (χ1n) is 6.92. The van der Waals surface area contributed by atoms with Crippen LogP contribution in [0.15, 0.2) is 34.7 Å². The summed E-state index contributed by atoms with van der Waals surface area (Å²) < 4.78 is 11.3. The highest BCUT2D eigenvalue weighted by Crippen LogP contribution is 2.25. The van der Waals surface area contributed by atoms with Crippen molar-refractivity contribution in [1.29, 1.82) is 0 Å². The first kappa shape index (κ1) is 13.3. The van der Waals surface area contributed by atoms with E-state index in [1.807, 2.05) is 30.3 Å². The van der Waals surface area contributed by atoms with Crippen LogP contribution in [0.2, 0.25) is 0 Å². The van der Waals surface area contributed by atoms with E-state index in [2.05, 4.69) is 29.4 Å². The highest BCUT2D eigenvalue weighted by Gasteiger charge is 2.36. The van der Waals surface area contributed by atoms with E-state index in [0.29, 0.717) is 18.3 Å². The van der Waals surface area contributed by atoms with Gasteiger partial charge in [-0.05, 0) is 32.4 Å². The Morgan fingerprint density at radius 1 is 1.30 bits per heavy atom. The molecule has 0 saturated carbocycles. The smallest absolute Gasteiger partial charge is 0.247 e. The fourth-order valence-corrected chi connectivity index (χ4v) is 2.37. The lowest BCUT2D eigenvalue weighted by Gasteiger charge is -2.28. The van der Waals surface area contributed by atoms with Crippen LogP contribution in [0.3, 0.4) is 0 Å². The number of hydrogen-bond donors (Lipinski definition) is 1. The summed E-state index contributed by atoms with van der Waals surface area (Å²) in [5.74, 6) is 1.16. The van der Waals surface area contributed by atoms with Crippen LogP contribution in [-0.2, 0) is 11.3 Å². The predicted molar refractivity (Wildman–Crippen MR) is 75.0 cm³/mol. The van der Waals surface area contributed by atoms with Gasteiger partial charge in [0.1, 0.15) is 0 Å². The molecule has 5 nitrogen and oxygen atoms in total. The van der Waals surface area contributed by atoms with Crippen LogP contribution in [0.5, 0.6) is 0 Å². The Morgan fingerprint density at radius 2 is 2.10 bits per heavy atom. The lowest BCUT2D eigenvalue weighted by Crippen LogP contribution is -2.47. The maximum absolute atomic E-state index is 5.68. The van der Waals surface area contributed by atoms with Crippen molar-refractivity contribution < 1.29 is 9.15 Å². The van der Waals surface area contributed by atoms with Crippen molar-refractivity contribution >= 4 is 0 Å². The van der Waals surface area contributed by atoms with Gasteiger partial charge in [0.15, 0.2) is 0 Å². The van der Waals surface area contributed by atoms with Crippen LogP contribution >= 0.6 is 0 Å². The van der Waals surface area contributed by atoms with Gasteiger partial charge in [-0.25, -0.2) is 0 Å². The van der Waals surface area contributed by atoms with Crippen LogP contribution in [0.1, 0.15) is 26.2 Å². The van der Waals surface area contributed by atoms with Gasteiger partial charge in [0.05, 0.1) is 12.6 Å². The third-order valence-corrected chi connectivity index (χ3v) is 4.02. The van der Waals surface area contributed by atoms with Gasteiger partial charge in [0, 0.05) is 17.7 Å². The molecule has 5 heteroatoms. The number of hydrogen-bond acceptors (Lipinski definition) is 5. The Kier molecular flexibility index (Phi) is 3.54. The van der Waals surface area contributed by atoms with E-state index in [9.17, 15) is 0 Å². The maximum Gasteiger partial charge on any atom is 0.247 e. The molecule has 3 rings (SSSR count). The summed E-state index contributed by atoms with van der Waals surface area (Å²) in [6.45, 7) is 5.61. The van der Waals surface area contributed by atoms with Crippen molar-refractivity contribution in [2.75, 3.05) is 6.61 Å². The minimum Gasteiger partial charge on any atom is -0.419 e. The van der Waals surface area contributed by atoms with Gasteiger partial charge >= 0.3 is 0 Å². The minimum atomic E-state index is -0.0264. The standard InChI is InChI=1S/C15H19N3O2/c1-11-15(2,8-9-19-11)16-10-13-17-18-14(20-13)12-6-4-3-5-7-12/h3-7,11,16H,8-10H2,1-2H3. The lowest BCUT2D eigenvalue weighted by molar-refractivity contribution is 0.0873. The maximum atomic E-state index is 5.68. The zero-order chi connectivity index (χ0) is 14.0. The zero-order valence-corrected chi connectivity index (χ0v) is 11.8. The number of nitrogens with one attached hydrogen (secondary N) is 1. The number of rotatable bonds is 4. The van der Waals surface area contributed by atoms with E-state index in [-0.39, 0.29) is 11.6 Å². The molecular formula is C15H19N3O2. The van der Waals surface area contributed by atoms with Gasteiger partial charge < -0.3 is 14.5 Å². The summed E-state index contributed by atoms with van der Waals surface area (Å²) in [7, 11) is 0.